The van der Waals surface area contributed by atoms with Crippen LogP contribution in [0.25, 0.3) is 10.9 Å². The van der Waals surface area contributed by atoms with Gasteiger partial charge in [-0.25, -0.2) is 0 Å². The quantitative estimate of drug-likeness (QED) is 0.812. The minimum Gasteiger partial charge on any atom is -0.358 e. The first-order chi connectivity index (χ1) is 11.6. The van der Waals surface area contributed by atoms with Crippen molar-refractivity contribution in [2.45, 2.75) is 46.1 Å². The molecule has 1 saturated carbocycles. The topological polar surface area (TPSA) is 56.9 Å². The van der Waals surface area contributed by atoms with Crippen molar-refractivity contribution in [3.63, 3.8) is 0 Å². The summed E-state index contributed by atoms with van der Waals surface area (Å²) in [6, 6.07) is 6.44. The van der Waals surface area contributed by atoms with Crippen molar-refractivity contribution < 1.29 is 4.79 Å². The van der Waals surface area contributed by atoms with Crippen molar-refractivity contribution in [2.24, 2.45) is 11.3 Å². The summed E-state index contributed by atoms with van der Waals surface area (Å²) in [5, 5.41) is 7.95. The molecule has 2 aliphatic rings. The SMILES string of the molecule is Cc1[nH]c2ccc(CNC(=O)[C@@]34CCCC[C@H]3CNC4)cc2c1C. The van der Waals surface area contributed by atoms with E-state index in [9.17, 15) is 4.79 Å². The van der Waals surface area contributed by atoms with Crippen LogP contribution in [0.1, 0.15) is 42.5 Å². The van der Waals surface area contributed by atoms with Crippen LogP contribution >= 0.6 is 0 Å². The molecule has 2 atom stereocenters. The van der Waals surface area contributed by atoms with Gasteiger partial charge in [0.1, 0.15) is 0 Å². The van der Waals surface area contributed by atoms with Crippen molar-refractivity contribution in [3.8, 4) is 0 Å². The van der Waals surface area contributed by atoms with Gasteiger partial charge < -0.3 is 15.6 Å². The molecule has 128 valence electrons. The Morgan fingerprint density at radius 1 is 1.33 bits per heavy atom. The number of amides is 1. The first-order valence-electron chi connectivity index (χ1n) is 9.17. The highest BCUT2D eigenvalue weighted by atomic mass is 16.2. The van der Waals surface area contributed by atoms with E-state index in [1.165, 1.54) is 47.0 Å². The zero-order valence-corrected chi connectivity index (χ0v) is 14.7. The molecule has 2 fully saturated rings. The summed E-state index contributed by atoms with van der Waals surface area (Å²) in [7, 11) is 0. The normalized spacial score (nSPS) is 26.5. The molecule has 0 unspecified atom stereocenters. The molecule has 1 aromatic carbocycles. The smallest absolute Gasteiger partial charge is 0.228 e. The number of aryl methyl sites for hydroxylation is 2. The van der Waals surface area contributed by atoms with Crippen molar-refractivity contribution in [2.75, 3.05) is 13.1 Å². The number of hydrogen-bond acceptors (Lipinski definition) is 2. The molecular formula is C20H27N3O. The lowest BCUT2D eigenvalue weighted by molar-refractivity contribution is -0.134. The molecule has 0 spiro atoms. The van der Waals surface area contributed by atoms with Crippen molar-refractivity contribution in [1.82, 2.24) is 15.6 Å². The van der Waals surface area contributed by atoms with Crippen LogP contribution in [0, 0.1) is 25.2 Å². The van der Waals surface area contributed by atoms with Crippen LogP contribution < -0.4 is 10.6 Å². The highest BCUT2D eigenvalue weighted by molar-refractivity contribution is 5.86. The van der Waals surface area contributed by atoms with E-state index in [0.29, 0.717) is 12.5 Å². The van der Waals surface area contributed by atoms with E-state index in [1.807, 2.05) is 0 Å². The maximum Gasteiger partial charge on any atom is 0.228 e. The molecule has 0 bridgehead atoms. The van der Waals surface area contributed by atoms with Gasteiger partial charge in [0.25, 0.3) is 0 Å². The lowest BCUT2D eigenvalue weighted by Gasteiger charge is -2.37. The molecule has 0 radical (unpaired) electrons. The summed E-state index contributed by atoms with van der Waals surface area (Å²) in [6.07, 6.45) is 4.67. The Morgan fingerprint density at radius 3 is 3.08 bits per heavy atom. The summed E-state index contributed by atoms with van der Waals surface area (Å²) in [5.41, 5.74) is 4.69. The van der Waals surface area contributed by atoms with Gasteiger partial charge in [-0.05, 0) is 62.4 Å². The van der Waals surface area contributed by atoms with Gasteiger partial charge in [-0.1, -0.05) is 18.9 Å². The van der Waals surface area contributed by atoms with Crippen LogP contribution in [0.5, 0.6) is 0 Å². The molecule has 1 amide bonds. The van der Waals surface area contributed by atoms with Gasteiger partial charge in [0.05, 0.1) is 5.41 Å². The predicted octanol–water partition coefficient (Wildman–Crippen LogP) is 3.18. The maximum absolute atomic E-state index is 13.0. The molecule has 2 heterocycles. The fourth-order valence-corrected chi connectivity index (χ4v) is 4.67. The number of rotatable bonds is 3. The van der Waals surface area contributed by atoms with E-state index in [4.69, 9.17) is 0 Å². The molecule has 4 heteroatoms. The fraction of sp³-hybridized carbons (Fsp3) is 0.550. The summed E-state index contributed by atoms with van der Waals surface area (Å²) in [4.78, 5) is 16.4. The third kappa shape index (κ3) is 2.44. The summed E-state index contributed by atoms with van der Waals surface area (Å²) >= 11 is 0. The largest absolute Gasteiger partial charge is 0.358 e. The zero-order chi connectivity index (χ0) is 16.7. The number of hydrogen-bond donors (Lipinski definition) is 3. The number of aromatic amines is 1. The second-order valence-corrected chi connectivity index (χ2v) is 7.67. The molecular weight excluding hydrogens is 298 g/mol. The van der Waals surface area contributed by atoms with Gasteiger partial charge in [-0.15, -0.1) is 0 Å². The van der Waals surface area contributed by atoms with E-state index in [0.717, 1.165) is 19.5 Å². The summed E-state index contributed by atoms with van der Waals surface area (Å²) in [5.74, 6) is 0.766. The number of benzene rings is 1. The average molecular weight is 325 g/mol. The third-order valence-electron chi connectivity index (χ3n) is 6.32. The number of H-pyrrole nitrogens is 1. The molecule has 4 nitrogen and oxygen atoms in total. The number of nitrogens with one attached hydrogen (secondary N) is 3. The molecule has 1 aromatic heterocycles. The van der Waals surface area contributed by atoms with Crippen molar-refractivity contribution >= 4 is 16.8 Å². The Labute approximate surface area is 143 Å². The van der Waals surface area contributed by atoms with Crippen LogP contribution in [-0.2, 0) is 11.3 Å². The number of aromatic nitrogens is 1. The molecule has 1 aliphatic heterocycles. The van der Waals surface area contributed by atoms with Crippen molar-refractivity contribution in [3.05, 3.63) is 35.0 Å². The monoisotopic (exact) mass is 325 g/mol. The Bertz CT molecular complexity index is 779. The summed E-state index contributed by atoms with van der Waals surface area (Å²) in [6.45, 7) is 6.71. The Morgan fingerprint density at radius 2 is 2.21 bits per heavy atom. The first-order valence-corrected chi connectivity index (χ1v) is 9.17. The van der Waals surface area contributed by atoms with Gasteiger partial charge in [0.15, 0.2) is 0 Å². The second kappa shape index (κ2) is 5.92. The minimum atomic E-state index is -0.164. The number of carbonyl (C=O) groups excluding carboxylic acids is 1. The second-order valence-electron chi connectivity index (χ2n) is 7.67. The summed E-state index contributed by atoms with van der Waals surface area (Å²) < 4.78 is 0. The van der Waals surface area contributed by atoms with Crippen LogP contribution in [0.15, 0.2) is 18.2 Å². The maximum atomic E-state index is 13.0. The molecule has 1 aliphatic carbocycles. The van der Waals surface area contributed by atoms with E-state index >= 15 is 0 Å². The Kier molecular flexibility index (Phi) is 3.87. The number of carbonyl (C=O) groups is 1. The van der Waals surface area contributed by atoms with Crippen LogP contribution in [0.3, 0.4) is 0 Å². The van der Waals surface area contributed by atoms with E-state index in [2.05, 4.69) is 47.7 Å². The standard InChI is InChI=1S/C20H27N3O/c1-13-14(2)23-18-7-6-15(9-17(13)18)10-22-19(24)20-8-4-3-5-16(20)11-21-12-20/h6-7,9,16,21,23H,3-5,8,10-12H2,1-2H3,(H,22,24)/t16-,20+/m0/s1. The van der Waals surface area contributed by atoms with Gasteiger partial charge in [0.2, 0.25) is 5.91 Å². The number of fused-ring (bicyclic) bond motifs is 2. The van der Waals surface area contributed by atoms with Crippen LogP contribution in [-0.4, -0.2) is 24.0 Å². The van der Waals surface area contributed by atoms with E-state index in [1.54, 1.807) is 0 Å². The molecule has 24 heavy (non-hydrogen) atoms. The highest BCUT2D eigenvalue weighted by Crippen LogP contribution is 2.43. The first kappa shape index (κ1) is 15.7. The van der Waals surface area contributed by atoms with Gasteiger partial charge in [0, 0.05) is 29.7 Å². The van der Waals surface area contributed by atoms with Crippen LogP contribution in [0.2, 0.25) is 0 Å². The lowest BCUT2D eigenvalue weighted by Crippen LogP contribution is -2.47. The molecule has 1 saturated heterocycles. The molecule has 3 N–H and O–H groups in total. The predicted molar refractivity (Wildman–Crippen MR) is 96.9 cm³/mol. The third-order valence-corrected chi connectivity index (χ3v) is 6.32. The van der Waals surface area contributed by atoms with E-state index in [-0.39, 0.29) is 11.3 Å². The molecule has 2 aromatic rings. The lowest BCUT2D eigenvalue weighted by atomic mass is 9.67. The molecule has 4 rings (SSSR count). The van der Waals surface area contributed by atoms with Gasteiger partial charge in [-0.3, -0.25) is 4.79 Å². The average Bonchev–Trinajstić information content (AvgIpc) is 3.15. The zero-order valence-electron chi connectivity index (χ0n) is 14.7. The van der Waals surface area contributed by atoms with Crippen molar-refractivity contribution in [1.29, 1.82) is 0 Å². The fourth-order valence-electron chi connectivity index (χ4n) is 4.67. The highest BCUT2D eigenvalue weighted by Gasteiger charge is 2.49. The Hall–Kier alpha value is -1.81. The van der Waals surface area contributed by atoms with E-state index < -0.39 is 0 Å². The van der Waals surface area contributed by atoms with Gasteiger partial charge in [-0.2, -0.15) is 0 Å². The van der Waals surface area contributed by atoms with Crippen LogP contribution in [0.4, 0.5) is 0 Å². The minimum absolute atomic E-state index is 0.164. The Balaban J connectivity index is 1.50. The van der Waals surface area contributed by atoms with Gasteiger partial charge >= 0.3 is 0 Å².